The van der Waals surface area contributed by atoms with Gasteiger partial charge >= 0.3 is 5.97 Å². The minimum absolute atomic E-state index is 0.00233. The van der Waals surface area contributed by atoms with Gasteiger partial charge in [0.2, 0.25) is 0 Å². The number of carboxylic acids is 1. The number of hydrogen-bond acceptors (Lipinski definition) is 6. The Bertz CT molecular complexity index is 1190. The molecule has 2 atom stereocenters. The molecule has 0 aromatic heterocycles. The van der Waals surface area contributed by atoms with Gasteiger partial charge in [0.25, 0.3) is 5.91 Å². The van der Waals surface area contributed by atoms with Crippen molar-refractivity contribution in [2.75, 3.05) is 13.2 Å². The zero-order valence-corrected chi connectivity index (χ0v) is 21.8. The first-order valence-electron chi connectivity index (χ1n) is 13.0. The number of carboxylic acid groups (broad SMARTS) is 1. The summed E-state index contributed by atoms with van der Waals surface area (Å²) in [7, 11) is 0. The zero-order chi connectivity index (χ0) is 27.4. The number of nitrogens with one attached hydrogen (secondary N) is 1. The number of aromatic hydroxyl groups is 1. The number of benzene rings is 2. The van der Waals surface area contributed by atoms with Crippen LogP contribution in [0.1, 0.15) is 55.5 Å². The Morgan fingerprint density at radius 2 is 1.92 bits per heavy atom. The Morgan fingerprint density at radius 3 is 2.61 bits per heavy atom. The van der Waals surface area contributed by atoms with Crippen LogP contribution in [0.5, 0.6) is 17.2 Å². The Morgan fingerprint density at radius 1 is 1.21 bits per heavy atom. The molecular formula is C29H35FN2O6. The van der Waals surface area contributed by atoms with Crippen LogP contribution in [0.15, 0.2) is 48.7 Å². The molecule has 8 nitrogen and oxygen atoms in total. The molecule has 38 heavy (non-hydrogen) atoms. The zero-order valence-electron chi connectivity index (χ0n) is 21.8. The van der Waals surface area contributed by atoms with Crippen molar-refractivity contribution in [1.29, 1.82) is 0 Å². The molecule has 2 aromatic carbocycles. The predicted molar refractivity (Wildman–Crippen MR) is 140 cm³/mol. The molecule has 0 spiro atoms. The summed E-state index contributed by atoms with van der Waals surface area (Å²) in [5.41, 5.74) is 1.17. The van der Waals surface area contributed by atoms with Crippen LogP contribution in [-0.2, 0) is 11.3 Å². The molecule has 0 bridgehead atoms. The third-order valence-corrected chi connectivity index (χ3v) is 7.37. The number of phenolic OH excluding ortho intramolecular Hbond substituents is 1. The average molecular weight is 527 g/mol. The van der Waals surface area contributed by atoms with E-state index < -0.39 is 23.6 Å². The van der Waals surface area contributed by atoms with Gasteiger partial charge in [0.05, 0.1) is 11.7 Å². The molecule has 3 N–H and O–H groups in total. The molecule has 4 rings (SSSR count). The van der Waals surface area contributed by atoms with E-state index in [0.717, 1.165) is 25.7 Å². The number of carbonyl (C=O) groups excluding carboxylic acids is 1. The molecule has 1 amide bonds. The smallest absolute Gasteiger partial charge is 0.329 e. The quantitative estimate of drug-likeness (QED) is 0.389. The number of phenols is 1. The van der Waals surface area contributed by atoms with Crippen LogP contribution in [0.3, 0.4) is 0 Å². The highest BCUT2D eigenvalue weighted by atomic mass is 19.1. The van der Waals surface area contributed by atoms with Gasteiger partial charge in [0, 0.05) is 24.9 Å². The van der Waals surface area contributed by atoms with Crippen molar-refractivity contribution in [3.8, 4) is 17.2 Å². The summed E-state index contributed by atoms with van der Waals surface area (Å²) in [6, 6.07) is 9.19. The van der Waals surface area contributed by atoms with Crippen molar-refractivity contribution in [3.05, 3.63) is 65.6 Å². The molecule has 9 heteroatoms. The van der Waals surface area contributed by atoms with Crippen LogP contribution in [0.2, 0.25) is 0 Å². The second kappa shape index (κ2) is 11.8. The topological polar surface area (TPSA) is 108 Å². The second-order valence-electron chi connectivity index (χ2n) is 10.3. The molecule has 1 aliphatic heterocycles. The van der Waals surface area contributed by atoms with Crippen molar-refractivity contribution in [2.45, 2.75) is 58.2 Å². The van der Waals surface area contributed by atoms with Crippen molar-refractivity contribution in [1.82, 2.24) is 10.2 Å². The fraction of sp³-hybridized carbons (Fsp3) is 0.448. The average Bonchev–Trinajstić information content (AvgIpc) is 3.19. The first kappa shape index (κ1) is 27.3. The van der Waals surface area contributed by atoms with E-state index in [2.05, 4.69) is 11.9 Å². The van der Waals surface area contributed by atoms with Gasteiger partial charge in [-0.15, -0.1) is 0 Å². The highest BCUT2D eigenvalue weighted by Gasteiger charge is 2.35. The number of fused-ring (bicyclic) bond motifs is 1. The molecule has 0 radical (unpaired) electrons. The van der Waals surface area contributed by atoms with Gasteiger partial charge in [-0.05, 0) is 75.1 Å². The van der Waals surface area contributed by atoms with E-state index in [1.54, 1.807) is 30.0 Å². The molecule has 1 unspecified atom stereocenters. The van der Waals surface area contributed by atoms with E-state index in [1.165, 1.54) is 6.07 Å². The fourth-order valence-electron chi connectivity index (χ4n) is 5.30. The summed E-state index contributed by atoms with van der Waals surface area (Å²) in [6.45, 7) is 8.32. The van der Waals surface area contributed by atoms with E-state index in [0.29, 0.717) is 47.7 Å². The van der Waals surface area contributed by atoms with Gasteiger partial charge in [0.1, 0.15) is 18.1 Å². The minimum Gasteiger partial charge on any atom is -0.505 e. The summed E-state index contributed by atoms with van der Waals surface area (Å²) in [6.07, 6.45) is 3.78. The highest BCUT2D eigenvalue weighted by Crippen LogP contribution is 2.36. The molecule has 0 saturated heterocycles. The Labute approximate surface area is 222 Å². The molecule has 2 aliphatic rings. The molecule has 1 saturated carbocycles. The number of hydrogen-bond donors (Lipinski definition) is 3. The number of carbonyl (C=O) groups is 2. The van der Waals surface area contributed by atoms with Crippen molar-refractivity contribution in [2.24, 2.45) is 11.8 Å². The lowest BCUT2D eigenvalue weighted by molar-refractivity contribution is -0.140. The van der Waals surface area contributed by atoms with Gasteiger partial charge in [-0.3, -0.25) is 4.79 Å². The van der Waals surface area contributed by atoms with E-state index in [-0.39, 0.29) is 24.2 Å². The van der Waals surface area contributed by atoms with E-state index >= 15 is 0 Å². The van der Waals surface area contributed by atoms with Crippen molar-refractivity contribution >= 4 is 11.9 Å². The highest BCUT2D eigenvalue weighted by molar-refractivity contribution is 5.99. The molecule has 2 aromatic rings. The van der Waals surface area contributed by atoms with Crippen LogP contribution in [0.4, 0.5) is 4.39 Å². The Balaban J connectivity index is 1.25. The number of nitrogens with zero attached hydrogens (tertiary/aromatic N) is 1. The molecule has 1 aliphatic carbocycles. The standard InChI is InChI=1S/C29H35FN2O6/c1-17(2)31-24(29(35)36)16-37-22-5-4-6-23(13-22)38-18(3)20-9-7-19(8-10-20)14-32-15-21-11-12-25(33)27(30)26(21)28(32)34/h4-6,11-13,18-20,24,31,33H,1,7-10,14-16H2,2-3H3,(H,35,36)/t18?,19?,20?,24-/m0/s1. The lowest BCUT2D eigenvalue weighted by atomic mass is 9.79. The Hall–Kier alpha value is -3.75. The van der Waals surface area contributed by atoms with Crippen LogP contribution >= 0.6 is 0 Å². The van der Waals surface area contributed by atoms with Gasteiger partial charge in [-0.1, -0.05) is 18.7 Å². The SMILES string of the molecule is C=C(C)N[C@@H](COc1cccc(OC(C)C2CCC(CN3Cc4ccc(O)c(F)c4C3=O)CC2)c1)C(=O)O. The number of aliphatic carboxylic acids is 1. The third-order valence-electron chi connectivity index (χ3n) is 7.37. The summed E-state index contributed by atoms with van der Waals surface area (Å²) in [4.78, 5) is 25.8. The van der Waals surface area contributed by atoms with Crippen LogP contribution < -0.4 is 14.8 Å². The number of ether oxygens (including phenoxy) is 2. The summed E-state index contributed by atoms with van der Waals surface area (Å²) >= 11 is 0. The summed E-state index contributed by atoms with van der Waals surface area (Å²) in [5.74, 6) is -0.821. The minimum atomic E-state index is -1.02. The van der Waals surface area contributed by atoms with Crippen LogP contribution in [-0.4, -0.2) is 52.3 Å². The first-order valence-corrected chi connectivity index (χ1v) is 13.0. The lowest BCUT2D eigenvalue weighted by Crippen LogP contribution is -2.40. The van der Waals surface area contributed by atoms with Crippen LogP contribution in [0, 0.1) is 17.7 Å². The maximum Gasteiger partial charge on any atom is 0.329 e. The van der Waals surface area contributed by atoms with Gasteiger partial charge < -0.3 is 29.9 Å². The fourth-order valence-corrected chi connectivity index (χ4v) is 5.30. The predicted octanol–water partition coefficient (Wildman–Crippen LogP) is 4.72. The molecule has 1 fully saturated rings. The maximum atomic E-state index is 14.3. The molecule has 204 valence electrons. The van der Waals surface area contributed by atoms with Gasteiger partial charge in [-0.2, -0.15) is 0 Å². The molecule has 1 heterocycles. The van der Waals surface area contributed by atoms with Crippen LogP contribution in [0.25, 0.3) is 0 Å². The van der Waals surface area contributed by atoms with Gasteiger partial charge in [-0.25, -0.2) is 9.18 Å². The Kier molecular flexibility index (Phi) is 8.44. The summed E-state index contributed by atoms with van der Waals surface area (Å²) < 4.78 is 26.2. The van der Waals surface area contributed by atoms with E-state index in [4.69, 9.17) is 9.47 Å². The van der Waals surface area contributed by atoms with Gasteiger partial charge in [0.15, 0.2) is 17.6 Å². The largest absolute Gasteiger partial charge is 0.505 e. The van der Waals surface area contributed by atoms with E-state index in [9.17, 15) is 24.2 Å². The lowest BCUT2D eigenvalue weighted by Gasteiger charge is -2.34. The van der Waals surface area contributed by atoms with Crippen molar-refractivity contribution < 1.29 is 33.7 Å². The second-order valence-corrected chi connectivity index (χ2v) is 10.3. The monoisotopic (exact) mass is 526 g/mol. The third kappa shape index (κ3) is 6.38. The number of halogens is 1. The number of rotatable bonds is 11. The summed E-state index contributed by atoms with van der Waals surface area (Å²) in [5, 5.41) is 21.7. The maximum absolute atomic E-state index is 14.3. The van der Waals surface area contributed by atoms with E-state index in [1.807, 2.05) is 19.1 Å². The normalized spacial score (nSPS) is 20.4. The number of amides is 1. The molecular weight excluding hydrogens is 491 g/mol. The number of allylic oxidation sites excluding steroid dienone is 1. The van der Waals surface area contributed by atoms with Crippen molar-refractivity contribution in [3.63, 3.8) is 0 Å². The first-order chi connectivity index (χ1) is 18.1.